The molecule has 0 aromatic carbocycles. The number of methoxy groups -OCH3 is 2. The van der Waals surface area contributed by atoms with E-state index >= 15 is 0 Å². The van der Waals surface area contributed by atoms with E-state index in [0.29, 0.717) is 0 Å². The maximum Gasteiger partial charge on any atom is 0.0589 e. The highest BCUT2D eigenvalue weighted by molar-refractivity contribution is 4.67. The highest BCUT2D eigenvalue weighted by atomic mass is 16.5. The van der Waals surface area contributed by atoms with Crippen molar-refractivity contribution in [3.05, 3.63) is 0 Å². The van der Waals surface area contributed by atoms with Gasteiger partial charge in [0, 0.05) is 40.4 Å². The lowest BCUT2D eigenvalue weighted by molar-refractivity contribution is 0.102. The van der Waals surface area contributed by atoms with Crippen molar-refractivity contribution in [1.29, 1.82) is 0 Å². The monoisotopic (exact) mass is 244 g/mol. The van der Waals surface area contributed by atoms with Gasteiger partial charge in [-0.05, 0) is 25.9 Å². The highest BCUT2D eigenvalue weighted by Gasteiger charge is 2.11. The number of nitrogens with zero attached hydrogens (tertiary/aromatic N) is 2. The summed E-state index contributed by atoms with van der Waals surface area (Å²) in [7, 11) is 3.53. The van der Waals surface area contributed by atoms with Crippen LogP contribution in [-0.4, -0.2) is 76.5 Å². The zero-order chi connectivity index (χ0) is 12.3. The summed E-state index contributed by atoms with van der Waals surface area (Å²) in [5.74, 6) is 0. The molecule has 0 aliphatic carbocycles. The molecule has 4 nitrogen and oxygen atoms in total. The first-order valence-electron chi connectivity index (χ1n) is 6.79. The van der Waals surface area contributed by atoms with E-state index in [0.717, 1.165) is 32.8 Å². The van der Waals surface area contributed by atoms with Crippen LogP contribution in [0.1, 0.15) is 19.3 Å². The maximum atomic E-state index is 5.15. The van der Waals surface area contributed by atoms with Crippen LogP contribution in [0.2, 0.25) is 0 Å². The third kappa shape index (κ3) is 6.99. The van der Waals surface area contributed by atoms with Crippen molar-refractivity contribution < 1.29 is 9.47 Å². The predicted molar refractivity (Wildman–Crippen MR) is 70.5 cm³/mol. The standard InChI is InChI=1S/C13H28N2O2/c1-16-12-10-15(11-13-17-2)9-8-14-6-4-3-5-7-14/h3-13H2,1-2H3. The molecule has 0 unspecified atom stereocenters. The summed E-state index contributed by atoms with van der Waals surface area (Å²) in [4.78, 5) is 5.01. The first-order valence-corrected chi connectivity index (χ1v) is 6.79. The number of hydrogen-bond donors (Lipinski definition) is 0. The molecule has 1 rings (SSSR count). The molecule has 1 saturated heterocycles. The van der Waals surface area contributed by atoms with E-state index in [2.05, 4.69) is 9.80 Å². The second-order valence-electron chi connectivity index (χ2n) is 4.73. The third-order valence-corrected chi connectivity index (χ3v) is 3.40. The molecule has 0 saturated carbocycles. The average molecular weight is 244 g/mol. The highest BCUT2D eigenvalue weighted by Crippen LogP contribution is 2.08. The summed E-state index contributed by atoms with van der Waals surface area (Å²) < 4.78 is 10.3. The van der Waals surface area contributed by atoms with Crippen LogP contribution < -0.4 is 0 Å². The fraction of sp³-hybridized carbons (Fsp3) is 1.00. The van der Waals surface area contributed by atoms with Crippen molar-refractivity contribution >= 4 is 0 Å². The second-order valence-corrected chi connectivity index (χ2v) is 4.73. The van der Waals surface area contributed by atoms with Crippen molar-refractivity contribution in [3.63, 3.8) is 0 Å². The van der Waals surface area contributed by atoms with Gasteiger partial charge in [-0.2, -0.15) is 0 Å². The molecule has 4 heteroatoms. The van der Waals surface area contributed by atoms with Crippen molar-refractivity contribution in [2.45, 2.75) is 19.3 Å². The second kappa shape index (κ2) is 9.83. The molecule has 1 aliphatic heterocycles. The fourth-order valence-corrected chi connectivity index (χ4v) is 2.24. The Bertz CT molecular complexity index is 165. The average Bonchev–Trinajstić information content (AvgIpc) is 2.39. The van der Waals surface area contributed by atoms with Gasteiger partial charge in [0.2, 0.25) is 0 Å². The number of ether oxygens (including phenoxy) is 2. The summed E-state index contributed by atoms with van der Waals surface area (Å²) in [6.07, 6.45) is 4.15. The van der Waals surface area contributed by atoms with Crippen LogP contribution in [0.25, 0.3) is 0 Å². The van der Waals surface area contributed by atoms with E-state index in [4.69, 9.17) is 9.47 Å². The molecule has 1 aliphatic rings. The van der Waals surface area contributed by atoms with Crippen LogP contribution in [0.4, 0.5) is 0 Å². The number of piperidine rings is 1. The summed E-state index contributed by atoms with van der Waals surface area (Å²) in [5.41, 5.74) is 0. The molecule has 0 N–H and O–H groups in total. The Kier molecular flexibility index (Phi) is 8.61. The largest absolute Gasteiger partial charge is 0.383 e. The van der Waals surface area contributed by atoms with Crippen molar-refractivity contribution in [2.24, 2.45) is 0 Å². The molecular formula is C13H28N2O2. The molecule has 0 bridgehead atoms. The van der Waals surface area contributed by atoms with E-state index in [-0.39, 0.29) is 0 Å². The van der Waals surface area contributed by atoms with Crippen molar-refractivity contribution in [3.8, 4) is 0 Å². The van der Waals surface area contributed by atoms with Gasteiger partial charge >= 0.3 is 0 Å². The lowest BCUT2D eigenvalue weighted by Crippen LogP contribution is -2.40. The lowest BCUT2D eigenvalue weighted by Gasteiger charge is -2.29. The third-order valence-electron chi connectivity index (χ3n) is 3.40. The van der Waals surface area contributed by atoms with Crippen LogP contribution in [-0.2, 0) is 9.47 Å². The molecule has 1 fully saturated rings. The number of likely N-dealkylation sites (tertiary alicyclic amines) is 1. The molecule has 0 amide bonds. The molecular weight excluding hydrogens is 216 g/mol. The van der Waals surface area contributed by atoms with E-state index in [1.165, 1.54) is 38.9 Å². The zero-order valence-corrected chi connectivity index (χ0v) is 11.5. The Balaban J connectivity index is 2.16. The molecule has 0 aromatic rings. The maximum absolute atomic E-state index is 5.15. The van der Waals surface area contributed by atoms with Gasteiger partial charge in [-0.1, -0.05) is 6.42 Å². The Morgan fingerprint density at radius 3 is 2.00 bits per heavy atom. The summed E-state index contributed by atoms with van der Waals surface area (Å²) >= 11 is 0. The normalized spacial score (nSPS) is 17.8. The molecule has 17 heavy (non-hydrogen) atoms. The van der Waals surface area contributed by atoms with E-state index in [9.17, 15) is 0 Å². The van der Waals surface area contributed by atoms with Gasteiger partial charge in [-0.3, -0.25) is 4.90 Å². The smallest absolute Gasteiger partial charge is 0.0589 e. The fourth-order valence-electron chi connectivity index (χ4n) is 2.24. The first-order chi connectivity index (χ1) is 8.36. The molecule has 0 spiro atoms. The zero-order valence-electron chi connectivity index (χ0n) is 11.5. The minimum absolute atomic E-state index is 0.809. The predicted octanol–water partition coefficient (Wildman–Crippen LogP) is 1.07. The number of rotatable bonds is 9. The van der Waals surface area contributed by atoms with Gasteiger partial charge in [0.15, 0.2) is 0 Å². The quantitative estimate of drug-likeness (QED) is 0.606. The lowest BCUT2D eigenvalue weighted by atomic mass is 10.1. The molecule has 102 valence electrons. The molecule has 1 heterocycles. The minimum Gasteiger partial charge on any atom is -0.383 e. The molecule has 0 radical (unpaired) electrons. The minimum atomic E-state index is 0.809. The first kappa shape index (κ1) is 14.9. The van der Waals surface area contributed by atoms with Gasteiger partial charge in [0.1, 0.15) is 0 Å². The van der Waals surface area contributed by atoms with Crippen LogP contribution in [0.3, 0.4) is 0 Å². The van der Waals surface area contributed by atoms with Gasteiger partial charge in [-0.15, -0.1) is 0 Å². The Hall–Kier alpha value is -0.160. The van der Waals surface area contributed by atoms with Crippen molar-refractivity contribution in [2.75, 3.05) is 66.7 Å². The van der Waals surface area contributed by atoms with Gasteiger partial charge in [-0.25, -0.2) is 0 Å². The Labute approximate surface area is 106 Å². The van der Waals surface area contributed by atoms with Crippen LogP contribution in [0.5, 0.6) is 0 Å². The van der Waals surface area contributed by atoms with E-state index in [1.54, 1.807) is 14.2 Å². The number of hydrogen-bond acceptors (Lipinski definition) is 4. The van der Waals surface area contributed by atoms with E-state index < -0.39 is 0 Å². The Morgan fingerprint density at radius 1 is 0.882 bits per heavy atom. The molecule has 0 aromatic heterocycles. The summed E-state index contributed by atoms with van der Waals surface area (Å²) in [6, 6.07) is 0. The van der Waals surface area contributed by atoms with Crippen LogP contribution in [0.15, 0.2) is 0 Å². The van der Waals surface area contributed by atoms with Gasteiger partial charge < -0.3 is 14.4 Å². The van der Waals surface area contributed by atoms with Gasteiger partial charge in [0.25, 0.3) is 0 Å². The topological polar surface area (TPSA) is 24.9 Å². The van der Waals surface area contributed by atoms with E-state index in [1.807, 2.05) is 0 Å². The summed E-state index contributed by atoms with van der Waals surface area (Å²) in [5, 5.41) is 0. The van der Waals surface area contributed by atoms with Crippen LogP contribution in [0, 0.1) is 0 Å². The molecule has 0 atom stereocenters. The van der Waals surface area contributed by atoms with Gasteiger partial charge in [0.05, 0.1) is 13.2 Å². The van der Waals surface area contributed by atoms with Crippen molar-refractivity contribution in [1.82, 2.24) is 9.80 Å². The Morgan fingerprint density at radius 2 is 1.47 bits per heavy atom. The SMILES string of the molecule is COCCN(CCOC)CCN1CCCCC1. The summed E-state index contributed by atoms with van der Waals surface area (Å²) in [6.45, 7) is 8.51. The van der Waals surface area contributed by atoms with Crippen LogP contribution >= 0.6 is 0 Å².